The van der Waals surface area contributed by atoms with Crippen LogP contribution in [0, 0.1) is 0 Å². The van der Waals surface area contributed by atoms with Gasteiger partial charge >= 0.3 is 13.1 Å². The molecule has 0 radical (unpaired) electrons. The summed E-state index contributed by atoms with van der Waals surface area (Å²) in [5, 5.41) is 3.34. The van der Waals surface area contributed by atoms with Crippen molar-refractivity contribution < 1.29 is 14.1 Å². The first-order valence-corrected chi connectivity index (χ1v) is 8.70. The molecule has 0 spiro atoms. The smallest absolute Gasteiger partial charge is 0.399 e. The third kappa shape index (κ3) is 3.71. The van der Waals surface area contributed by atoms with Crippen LogP contribution in [-0.2, 0) is 9.31 Å². The summed E-state index contributed by atoms with van der Waals surface area (Å²) in [7, 11) is -0.489. The Balaban J connectivity index is 2.22. The molecule has 1 aliphatic rings. The van der Waals surface area contributed by atoms with E-state index in [-0.39, 0.29) is 6.03 Å². The Morgan fingerprint density at radius 1 is 1.17 bits per heavy atom. The van der Waals surface area contributed by atoms with Crippen molar-refractivity contribution in [2.75, 3.05) is 18.4 Å². The second-order valence-corrected chi connectivity index (χ2v) is 7.34. The molecule has 1 saturated heterocycles. The van der Waals surface area contributed by atoms with Gasteiger partial charge in [-0.05, 0) is 59.1 Å². The van der Waals surface area contributed by atoms with Gasteiger partial charge in [-0.25, -0.2) is 4.79 Å². The van der Waals surface area contributed by atoms with Crippen molar-refractivity contribution in [1.82, 2.24) is 4.90 Å². The number of nitrogens with zero attached hydrogens (tertiary/aromatic N) is 1. The van der Waals surface area contributed by atoms with Crippen LogP contribution < -0.4 is 10.8 Å². The highest BCUT2D eigenvalue weighted by atomic mass is 35.5. The molecule has 7 heteroatoms. The molecule has 1 N–H and O–H groups in total. The predicted octanol–water partition coefficient (Wildman–Crippen LogP) is 3.51. The van der Waals surface area contributed by atoms with Gasteiger partial charge < -0.3 is 19.5 Å². The first kappa shape index (κ1) is 19.1. The first-order chi connectivity index (χ1) is 11.1. The van der Waals surface area contributed by atoms with Crippen molar-refractivity contribution >= 4 is 35.9 Å². The molecule has 1 aromatic carbocycles. The SMILES string of the molecule is CCN(CC)C(=O)Nc1cc(B2OC(C)(C)C(C)(C)O2)ccc1Cl. The average molecular weight is 353 g/mol. The number of carbonyl (C=O) groups is 1. The van der Waals surface area contributed by atoms with Gasteiger partial charge in [-0.15, -0.1) is 0 Å². The molecule has 0 atom stereocenters. The lowest BCUT2D eigenvalue weighted by Crippen LogP contribution is -2.41. The van der Waals surface area contributed by atoms with Crippen LogP contribution in [0.5, 0.6) is 0 Å². The molecule has 132 valence electrons. The Hall–Kier alpha value is -1.24. The highest BCUT2D eigenvalue weighted by Crippen LogP contribution is 2.36. The van der Waals surface area contributed by atoms with Gasteiger partial charge in [0.15, 0.2) is 0 Å². The fourth-order valence-electron chi connectivity index (χ4n) is 2.47. The molecule has 1 fully saturated rings. The summed E-state index contributed by atoms with van der Waals surface area (Å²) < 4.78 is 12.1. The maximum Gasteiger partial charge on any atom is 0.494 e. The minimum absolute atomic E-state index is 0.173. The Morgan fingerprint density at radius 3 is 2.21 bits per heavy atom. The minimum atomic E-state index is -0.489. The number of anilines is 1. The van der Waals surface area contributed by atoms with E-state index in [1.165, 1.54) is 0 Å². The molecular weight excluding hydrogens is 326 g/mol. The lowest BCUT2D eigenvalue weighted by atomic mass is 9.79. The molecule has 2 amide bonds. The molecule has 1 heterocycles. The highest BCUT2D eigenvalue weighted by molar-refractivity contribution is 6.62. The summed E-state index contributed by atoms with van der Waals surface area (Å²) in [6, 6.07) is 5.25. The molecule has 0 unspecified atom stereocenters. The van der Waals surface area contributed by atoms with Gasteiger partial charge in [0.2, 0.25) is 0 Å². The van der Waals surface area contributed by atoms with E-state index >= 15 is 0 Å². The molecule has 0 aliphatic carbocycles. The number of rotatable bonds is 4. The number of carbonyl (C=O) groups excluding carboxylic acids is 1. The van der Waals surface area contributed by atoms with Crippen molar-refractivity contribution in [3.8, 4) is 0 Å². The van der Waals surface area contributed by atoms with E-state index in [2.05, 4.69) is 5.32 Å². The molecule has 0 aromatic heterocycles. The maximum absolute atomic E-state index is 12.3. The van der Waals surface area contributed by atoms with Crippen molar-refractivity contribution in [3.05, 3.63) is 23.2 Å². The first-order valence-electron chi connectivity index (χ1n) is 8.32. The topological polar surface area (TPSA) is 50.8 Å². The quantitative estimate of drug-likeness (QED) is 0.844. The van der Waals surface area contributed by atoms with Gasteiger partial charge in [-0.3, -0.25) is 0 Å². The van der Waals surface area contributed by atoms with E-state index in [9.17, 15) is 4.79 Å². The van der Waals surface area contributed by atoms with Crippen LogP contribution in [0.2, 0.25) is 5.02 Å². The number of benzene rings is 1. The largest absolute Gasteiger partial charge is 0.494 e. The van der Waals surface area contributed by atoms with E-state index in [1.807, 2.05) is 53.7 Å². The summed E-state index contributed by atoms with van der Waals surface area (Å²) in [6.07, 6.45) is 0. The fraction of sp³-hybridized carbons (Fsp3) is 0.588. The minimum Gasteiger partial charge on any atom is -0.399 e. The standard InChI is InChI=1S/C17H26BClN2O3/c1-7-21(8-2)15(22)20-14-11-12(9-10-13(14)19)18-23-16(3,4)17(5,6)24-18/h9-11H,7-8H2,1-6H3,(H,20,22). The highest BCUT2D eigenvalue weighted by Gasteiger charge is 2.51. The van der Waals surface area contributed by atoms with Crippen LogP contribution in [0.25, 0.3) is 0 Å². The lowest BCUT2D eigenvalue weighted by molar-refractivity contribution is 0.00578. The number of urea groups is 1. The number of halogens is 1. The number of hydrogen-bond acceptors (Lipinski definition) is 3. The van der Waals surface area contributed by atoms with E-state index in [0.29, 0.717) is 23.8 Å². The van der Waals surface area contributed by atoms with Gasteiger partial charge in [0.25, 0.3) is 0 Å². The monoisotopic (exact) mass is 352 g/mol. The van der Waals surface area contributed by atoms with Crippen LogP contribution >= 0.6 is 11.6 Å². The summed E-state index contributed by atoms with van der Waals surface area (Å²) >= 11 is 6.24. The Morgan fingerprint density at radius 2 is 1.71 bits per heavy atom. The van der Waals surface area contributed by atoms with Gasteiger partial charge in [-0.2, -0.15) is 0 Å². The zero-order valence-corrected chi connectivity index (χ0v) is 16.0. The predicted molar refractivity (Wildman–Crippen MR) is 99.1 cm³/mol. The number of hydrogen-bond donors (Lipinski definition) is 1. The Bertz CT molecular complexity index is 602. The van der Waals surface area contributed by atoms with E-state index in [1.54, 1.807) is 11.0 Å². The van der Waals surface area contributed by atoms with Crippen molar-refractivity contribution in [2.45, 2.75) is 52.7 Å². The molecule has 1 aliphatic heterocycles. The summed E-state index contributed by atoms with van der Waals surface area (Å²) in [5.74, 6) is 0. The molecular formula is C17H26BClN2O3. The number of amides is 2. The lowest BCUT2D eigenvalue weighted by Gasteiger charge is -2.32. The zero-order valence-electron chi connectivity index (χ0n) is 15.3. The average Bonchev–Trinajstić information content (AvgIpc) is 2.71. The van der Waals surface area contributed by atoms with Gasteiger partial charge in [-0.1, -0.05) is 17.7 Å². The zero-order chi connectivity index (χ0) is 18.1. The molecule has 0 saturated carbocycles. The Labute approximate surface area is 149 Å². The molecule has 24 heavy (non-hydrogen) atoms. The number of nitrogens with one attached hydrogen (secondary N) is 1. The second kappa shape index (κ2) is 6.94. The van der Waals surface area contributed by atoms with Crippen LogP contribution in [0.15, 0.2) is 18.2 Å². The van der Waals surface area contributed by atoms with Gasteiger partial charge in [0.05, 0.1) is 21.9 Å². The summed E-state index contributed by atoms with van der Waals surface area (Å²) in [5.41, 5.74) is 0.554. The van der Waals surface area contributed by atoms with Crippen molar-refractivity contribution in [3.63, 3.8) is 0 Å². The fourth-order valence-corrected chi connectivity index (χ4v) is 2.63. The van der Waals surface area contributed by atoms with E-state index in [0.717, 1.165) is 5.46 Å². The second-order valence-electron chi connectivity index (χ2n) is 6.93. The maximum atomic E-state index is 12.3. The van der Waals surface area contributed by atoms with Crippen LogP contribution in [0.4, 0.5) is 10.5 Å². The molecule has 2 rings (SSSR count). The van der Waals surface area contributed by atoms with E-state index in [4.69, 9.17) is 20.9 Å². The van der Waals surface area contributed by atoms with Crippen LogP contribution in [0.3, 0.4) is 0 Å². The van der Waals surface area contributed by atoms with Crippen LogP contribution in [-0.4, -0.2) is 42.3 Å². The normalized spacial score (nSPS) is 18.5. The van der Waals surface area contributed by atoms with E-state index < -0.39 is 18.3 Å². The van der Waals surface area contributed by atoms with Gasteiger partial charge in [0.1, 0.15) is 0 Å². The van der Waals surface area contributed by atoms with Crippen molar-refractivity contribution in [2.24, 2.45) is 0 Å². The third-order valence-corrected chi connectivity index (χ3v) is 5.14. The van der Waals surface area contributed by atoms with Gasteiger partial charge in [0, 0.05) is 13.1 Å². The Kier molecular flexibility index (Phi) is 5.52. The summed E-state index contributed by atoms with van der Waals surface area (Å²) in [6.45, 7) is 13.2. The molecule has 1 aromatic rings. The van der Waals surface area contributed by atoms with Crippen LogP contribution in [0.1, 0.15) is 41.5 Å². The molecule has 5 nitrogen and oxygen atoms in total. The van der Waals surface area contributed by atoms with Crippen molar-refractivity contribution in [1.29, 1.82) is 0 Å². The molecule has 0 bridgehead atoms. The summed E-state index contributed by atoms with van der Waals surface area (Å²) in [4.78, 5) is 14.0. The third-order valence-electron chi connectivity index (χ3n) is 4.81.